The molecule has 0 radical (unpaired) electrons. The molecule has 2 aliphatic heterocycles. The van der Waals surface area contributed by atoms with Gasteiger partial charge in [-0.15, -0.1) is 11.3 Å². The van der Waals surface area contributed by atoms with E-state index in [1.54, 1.807) is 35.9 Å². The van der Waals surface area contributed by atoms with E-state index in [-0.39, 0.29) is 11.4 Å². The van der Waals surface area contributed by atoms with Crippen LogP contribution in [-0.4, -0.2) is 31.9 Å². The first-order valence-corrected chi connectivity index (χ1v) is 8.36. The third-order valence-electron chi connectivity index (χ3n) is 3.18. The van der Waals surface area contributed by atoms with E-state index in [0.29, 0.717) is 5.17 Å². The molecule has 1 N–H and O–H groups in total. The topological polar surface area (TPSA) is 81.8 Å². The first-order valence-electron chi connectivity index (χ1n) is 6.66. The molecule has 0 aromatic carbocycles. The van der Waals surface area contributed by atoms with Crippen molar-refractivity contribution in [3.63, 3.8) is 0 Å². The minimum atomic E-state index is -0.430. The number of pyridine rings is 1. The van der Waals surface area contributed by atoms with E-state index < -0.39 is 5.91 Å². The molecule has 6 nitrogen and oxygen atoms in total. The van der Waals surface area contributed by atoms with Gasteiger partial charge in [-0.3, -0.25) is 15.2 Å². The fraction of sp³-hybridized carbons (Fsp3) is 0. The van der Waals surface area contributed by atoms with Gasteiger partial charge in [-0.2, -0.15) is 15.1 Å². The van der Waals surface area contributed by atoms with Crippen molar-refractivity contribution >= 4 is 51.1 Å². The lowest BCUT2D eigenvalue weighted by atomic mass is 10.1. The van der Waals surface area contributed by atoms with E-state index in [1.165, 1.54) is 16.8 Å². The third-order valence-corrected chi connectivity index (χ3v) is 5.13. The summed E-state index contributed by atoms with van der Waals surface area (Å²) in [5.74, 6) is -0.400. The molecule has 112 valence electrons. The molecular weight excluding hydrogens is 330 g/mol. The summed E-state index contributed by atoms with van der Waals surface area (Å²) in [6.45, 7) is 0. The molecule has 0 aliphatic carbocycles. The highest BCUT2D eigenvalue weighted by atomic mass is 32.2. The third kappa shape index (κ3) is 2.51. The van der Waals surface area contributed by atoms with Gasteiger partial charge in [0.05, 0.1) is 10.5 Å². The summed E-state index contributed by atoms with van der Waals surface area (Å²) in [5.41, 5.74) is 0.951. The van der Waals surface area contributed by atoms with Crippen LogP contribution in [0.1, 0.15) is 10.4 Å². The van der Waals surface area contributed by atoms with Gasteiger partial charge in [0.25, 0.3) is 5.91 Å². The Kier molecular flexibility index (Phi) is 3.40. The molecule has 0 bridgehead atoms. The van der Waals surface area contributed by atoms with Crippen LogP contribution in [-0.2, 0) is 4.79 Å². The van der Waals surface area contributed by atoms with E-state index in [0.717, 1.165) is 15.5 Å². The standard InChI is InChI=1S/C15H9N5OS2/c16-12-10(7-9-3-1-5-17-8-9)13(21)18-15-20(12)19-14(23-15)11-4-2-6-22-11/h1-8,16H/b10-7+,16-12?. The van der Waals surface area contributed by atoms with Gasteiger partial charge in [0.1, 0.15) is 5.04 Å². The summed E-state index contributed by atoms with van der Waals surface area (Å²) in [7, 11) is 0. The van der Waals surface area contributed by atoms with Gasteiger partial charge in [-0.05, 0) is 40.9 Å². The molecule has 0 saturated carbocycles. The van der Waals surface area contributed by atoms with E-state index in [4.69, 9.17) is 5.41 Å². The maximum atomic E-state index is 12.2. The van der Waals surface area contributed by atoms with Crippen LogP contribution in [0.4, 0.5) is 0 Å². The van der Waals surface area contributed by atoms with Crippen molar-refractivity contribution < 1.29 is 4.79 Å². The second-order valence-electron chi connectivity index (χ2n) is 4.69. The molecule has 2 aromatic rings. The minimum Gasteiger partial charge on any atom is -0.282 e. The van der Waals surface area contributed by atoms with Gasteiger partial charge >= 0.3 is 0 Å². The van der Waals surface area contributed by atoms with Gasteiger partial charge in [-0.25, -0.2) is 0 Å². The Balaban J connectivity index is 1.71. The first-order chi connectivity index (χ1) is 11.2. The lowest BCUT2D eigenvalue weighted by Gasteiger charge is -2.20. The molecule has 1 amide bonds. The SMILES string of the molecule is N=C1/C(=C\c2cccnc2)C(=O)N=C2SC(c3cccs3)=NN12. The zero-order chi connectivity index (χ0) is 15.8. The average Bonchev–Trinajstić information content (AvgIpc) is 3.21. The zero-order valence-corrected chi connectivity index (χ0v) is 13.3. The van der Waals surface area contributed by atoms with E-state index in [9.17, 15) is 4.79 Å². The van der Waals surface area contributed by atoms with Crippen molar-refractivity contribution in [3.8, 4) is 0 Å². The average molecular weight is 339 g/mol. The fourth-order valence-corrected chi connectivity index (χ4v) is 3.80. The van der Waals surface area contributed by atoms with Crippen LogP contribution in [0.2, 0.25) is 0 Å². The van der Waals surface area contributed by atoms with Crippen LogP contribution < -0.4 is 0 Å². The molecule has 4 rings (SSSR count). The summed E-state index contributed by atoms with van der Waals surface area (Å²) in [4.78, 5) is 21.3. The van der Waals surface area contributed by atoms with Crippen LogP contribution in [0.15, 0.2) is 57.7 Å². The van der Waals surface area contributed by atoms with Crippen molar-refractivity contribution in [1.82, 2.24) is 9.99 Å². The molecule has 0 unspecified atom stereocenters. The molecule has 2 aromatic heterocycles. The molecule has 0 fully saturated rings. The van der Waals surface area contributed by atoms with Crippen LogP contribution >= 0.6 is 23.1 Å². The Morgan fingerprint density at radius 3 is 2.91 bits per heavy atom. The quantitative estimate of drug-likeness (QED) is 0.853. The number of hydrazone groups is 1. The lowest BCUT2D eigenvalue weighted by Crippen LogP contribution is -2.35. The Bertz CT molecular complexity index is 884. The van der Waals surface area contributed by atoms with Crippen molar-refractivity contribution in [2.24, 2.45) is 10.1 Å². The van der Waals surface area contributed by atoms with Gasteiger partial charge in [-0.1, -0.05) is 12.1 Å². The van der Waals surface area contributed by atoms with Crippen molar-refractivity contribution in [2.75, 3.05) is 0 Å². The number of rotatable bonds is 2. The Morgan fingerprint density at radius 2 is 2.17 bits per heavy atom. The van der Waals surface area contributed by atoms with E-state index in [2.05, 4.69) is 15.1 Å². The number of amidine groups is 2. The van der Waals surface area contributed by atoms with Gasteiger partial charge < -0.3 is 0 Å². The Morgan fingerprint density at radius 1 is 1.26 bits per heavy atom. The second-order valence-corrected chi connectivity index (χ2v) is 6.59. The maximum Gasteiger partial charge on any atom is 0.283 e. The van der Waals surface area contributed by atoms with Crippen LogP contribution in [0.25, 0.3) is 6.08 Å². The summed E-state index contributed by atoms with van der Waals surface area (Å²) in [5, 5.41) is 17.2. The highest BCUT2D eigenvalue weighted by Gasteiger charge is 2.36. The highest BCUT2D eigenvalue weighted by molar-refractivity contribution is 8.27. The summed E-state index contributed by atoms with van der Waals surface area (Å²) < 4.78 is 0. The van der Waals surface area contributed by atoms with Crippen molar-refractivity contribution in [3.05, 3.63) is 58.1 Å². The number of nitrogens with zero attached hydrogens (tertiary/aromatic N) is 4. The summed E-state index contributed by atoms with van der Waals surface area (Å²) in [6.07, 6.45) is 4.90. The largest absolute Gasteiger partial charge is 0.283 e. The number of thioether (sulfide) groups is 1. The molecule has 23 heavy (non-hydrogen) atoms. The Labute approximate surface area is 139 Å². The van der Waals surface area contributed by atoms with Gasteiger partial charge in [0.2, 0.25) is 5.17 Å². The second kappa shape index (κ2) is 5.56. The van der Waals surface area contributed by atoms with Gasteiger partial charge in [0.15, 0.2) is 5.84 Å². The number of thiophene rings is 1. The van der Waals surface area contributed by atoms with Gasteiger partial charge in [0, 0.05) is 12.4 Å². The normalized spacial score (nSPS) is 19.0. The van der Waals surface area contributed by atoms with E-state index in [1.807, 2.05) is 23.6 Å². The molecule has 2 aliphatic rings. The van der Waals surface area contributed by atoms with Crippen molar-refractivity contribution in [1.29, 1.82) is 5.41 Å². The molecule has 0 atom stereocenters. The molecule has 0 spiro atoms. The smallest absolute Gasteiger partial charge is 0.282 e. The molecule has 4 heterocycles. The number of aliphatic imine (C=N–C) groups is 1. The zero-order valence-electron chi connectivity index (χ0n) is 11.6. The highest BCUT2D eigenvalue weighted by Crippen LogP contribution is 2.32. The predicted octanol–water partition coefficient (Wildman–Crippen LogP) is 2.81. The molecular formula is C15H9N5OS2. The summed E-state index contributed by atoms with van der Waals surface area (Å²) >= 11 is 2.86. The summed E-state index contributed by atoms with van der Waals surface area (Å²) in [6, 6.07) is 7.48. The fourth-order valence-electron chi connectivity index (χ4n) is 2.12. The monoisotopic (exact) mass is 339 g/mol. The minimum absolute atomic E-state index is 0.0305. The van der Waals surface area contributed by atoms with Crippen LogP contribution in [0.3, 0.4) is 0 Å². The Hall–Kier alpha value is -2.58. The van der Waals surface area contributed by atoms with Crippen LogP contribution in [0.5, 0.6) is 0 Å². The first kappa shape index (κ1) is 14.0. The lowest BCUT2D eigenvalue weighted by molar-refractivity contribution is -0.114. The number of nitrogens with one attached hydrogen (secondary N) is 1. The van der Waals surface area contributed by atoms with E-state index >= 15 is 0 Å². The number of carbonyl (C=O) groups excluding carboxylic acids is 1. The number of hydrogen-bond donors (Lipinski definition) is 1. The predicted molar refractivity (Wildman–Crippen MR) is 92.7 cm³/mol. The number of aromatic nitrogens is 1. The number of amides is 1. The van der Waals surface area contributed by atoms with Crippen molar-refractivity contribution in [2.45, 2.75) is 0 Å². The van der Waals surface area contributed by atoms with Crippen LogP contribution in [0, 0.1) is 5.41 Å². The molecule has 0 saturated heterocycles. The number of hydrogen-bond acceptors (Lipinski definition) is 6. The number of fused-ring (bicyclic) bond motifs is 1. The molecule has 8 heteroatoms. The maximum absolute atomic E-state index is 12.2. The number of carbonyl (C=O) groups is 1.